The molecular formula is C12H14N2O2. The average Bonchev–Trinajstić information content (AvgIpc) is 2.29. The first-order chi connectivity index (χ1) is 7.74. The highest BCUT2D eigenvalue weighted by molar-refractivity contribution is 5.51. The van der Waals surface area contributed by atoms with Gasteiger partial charge < -0.3 is 5.32 Å². The van der Waals surface area contributed by atoms with Crippen LogP contribution in [-0.2, 0) is 0 Å². The normalized spacial score (nSPS) is 10.5. The van der Waals surface area contributed by atoms with E-state index in [1.165, 1.54) is 12.1 Å². The molecule has 0 heterocycles. The number of nitro groups is 1. The third-order valence-corrected chi connectivity index (χ3v) is 1.97. The van der Waals surface area contributed by atoms with Gasteiger partial charge in [0.15, 0.2) is 0 Å². The minimum atomic E-state index is -0.404. The zero-order chi connectivity index (χ0) is 11.8. The van der Waals surface area contributed by atoms with Gasteiger partial charge in [-0.1, -0.05) is 18.2 Å². The van der Waals surface area contributed by atoms with Crippen molar-refractivity contribution < 1.29 is 4.92 Å². The number of rotatable bonds is 6. The Kier molecular flexibility index (Phi) is 4.95. The summed E-state index contributed by atoms with van der Waals surface area (Å²) in [6, 6.07) is 6.44. The second-order valence-corrected chi connectivity index (χ2v) is 3.20. The lowest BCUT2D eigenvalue weighted by atomic mass is 10.2. The fourth-order valence-corrected chi connectivity index (χ4v) is 1.17. The molecule has 0 atom stereocenters. The fourth-order valence-electron chi connectivity index (χ4n) is 1.17. The van der Waals surface area contributed by atoms with Crippen LogP contribution in [0.1, 0.15) is 5.56 Å². The van der Waals surface area contributed by atoms with Crippen LogP contribution >= 0.6 is 0 Å². The van der Waals surface area contributed by atoms with Gasteiger partial charge in [-0.25, -0.2) is 0 Å². The van der Waals surface area contributed by atoms with E-state index in [1.807, 2.05) is 12.2 Å². The summed E-state index contributed by atoms with van der Waals surface area (Å²) in [5, 5.41) is 13.5. The summed E-state index contributed by atoms with van der Waals surface area (Å²) in [5.41, 5.74) is 1.06. The van der Waals surface area contributed by atoms with E-state index < -0.39 is 4.92 Å². The second-order valence-electron chi connectivity index (χ2n) is 3.20. The van der Waals surface area contributed by atoms with Crippen LogP contribution in [0.3, 0.4) is 0 Å². The second kappa shape index (κ2) is 6.53. The Morgan fingerprint density at radius 3 is 2.56 bits per heavy atom. The molecule has 1 aromatic rings. The molecule has 0 aliphatic heterocycles. The van der Waals surface area contributed by atoms with Gasteiger partial charge in [-0.15, -0.1) is 6.58 Å². The number of nitrogens with one attached hydrogen (secondary N) is 1. The Labute approximate surface area is 94.4 Å². The molecule has 0 saturated heterocycles. The Morgan fingerprint density at radius 1 is 1.31 bits per heavy atom. The van der Waals surface area contributed by atoms with E-state index in [1.54, 1.807) is 18.2 Å². The summed E-state index contributed by atoms with van der Waals surface area (Å²) in [6.45, 7) is 5.11. The number of hydrogen-bond donors (Lipinski definition) is 1. The van der Waals surface area contributed by atoms with Crippen molar-refractivity contribution in [3.63, 3.8) is 0 Å². The first kappa shape index (κ1) is 12.1. The molecule has 0 spiro atoms. The monoisotopic (exact) mass is 218 g/mol. The molecule has 1 aromatic carbocycles. The van der Waals surface area contributed by atoms with Gasteiger partial charge in [0.2, 0.25) is 0 Å². The highest BCUT2D eigenvalue weighted by Gasteiger charge is 2.01. The van der Waals surface area contributed by atoms with Crippen LogP contribution in [-0.4, -0.2) is 18.0 Å². The SMILES string of the molecule is C=CCNC/C=C/c1ccc([N+](=O)[O-])cc1. The third-order valence-electron chi connectivity index (χ3n) is 1.97. The highest BCUT2D eigenvalue weighted by atomic mass is 16.6. The van der Waals surface area contributed by atoms with Crippen molar-refractivity contribution in [2.75, 3.05) is 13.1 Å². The summed E-state index contributed by atoms with van der Waals surface area (Å²) in [7, 11) is 0. The fraction of sp³-hybridized carbons (Fsp3) is 0.167. The van der Waals surface area contributed by atoms with Crippen LogP contribution in [0.25, 0.3) is 6.08 Å². The smallest absolute Gasteiger partial charge is 0.269 e. The van der Waals surface area contributed by atoms with Crippen molar-refractivity contribution in [1.82, 2.24) is 5.32 Å². The molecule has 4 heteroatoms. The van der Waals surface area contributed by atoms with Crippen LogP contribution in [0.5, 0.6) is 0 Å². The number of nitrogens with zero attached hydrogens (tertiary/aromatic N) is 1. The molecule has 0 bridgehead atoms. The van der Waals surface area contributed by atoms with Crippen LogP contribution in [0.2, 0.25) is 0 Å². The van der Waals surface area contributed by atoms with E-state index in [-0.39, 0.29) is 5.69 Å². The molecule has 0 amide bonds. The summed E-state index contributed by atoms with van der Waals surface area (Å²) in [5.74, 6) is 0. The van der Waals surface area contributed by atoms with E-state index in [2.05, 4.69) is 11.9 Å². The number of nitro benzene ring substituents is 1. The molecule has 0 aliphatic carbocycles. The van der Waals surface area contributed by atoms with E-state index in [0.717, 1.165) is 18.7 Å². The van der Waals surface area contributed by atoms with Crippen molar-refractivity contribution in [3.8, 4) is 0 Å². The van der Waals surface area contributed by atoms with E-state index in [4.69, 9.17) is 0 Å². The van der Waals surface area contributed by atoms with Crippen molar-refractivity contribution in [2.45, 2.75) is 0 Å². The van der Waals surface area contributed by atoms with E-state index in [0.29, 0.717) is 0 Å². The van der Waals surface area contributed by atoms with Crippen molar-refractivity contribution in [3.05, 3.63) is 58.7 Å². The zero-order valence-corrected chi connectivity index (χ0v) is 8.93. The van der Waals surface area contributed by atoms with E-state index in [9.17, 15) is 10.1 Å². The summed E-state index contributed by atoms with van der Waals surface area (Å²) in [4.78, 5) is 10.0. The van der Waals surface area contributed by atoms with Gasteiger partial charge >= 0.3 is 0 Å². The molecule has 84 valence electrons. The van der Waals surface area contributed by atoms with Crippen LogP contribution < -0.4 is 5.32 Å². The number of non-ortho nitro benzene ring substituents is 1. The third kappa shape index (κ3) is 4.06. The van der Waals surface area contributed by atoms with Gasteiger partial charge in [0.05, 0.1) is 4.92 Å². The Hall–Kier alpha value is -1.94. The molecule has 0 aliphatic rings. The molecule has 1 rings (SSSR count). The first-order valence-electron chi connectivity index (χ1n) is 4.96. The summed E-state index contributed by atoms with van der Waals surface area (Å²) < 4.78 is 0. The molecule has 0 unspecified atom stereocenters. The standard InChI is InChI=1S/C12H14N2O2/c1-2-9-13-10-3-4-11-5-7-12(8-6-11)14(15)16/h2-8,13H,1,9-10H2/b4-3+. The molecule has 1 N–H and O–H groups in total. The van der Waals surface area contributed by atoms with Crippen molar-refractivity contribution in [2.24, 2.45) is 0 Å². The molecule has 16 heavy (non-hydrogen) atoms. The predicted molar refractivity (Wildman–Crippen MR) is 65.2 cm³/mol. The van der Waals surface area contributed by atoms with E-state index >= 15 is 0 Å². The maximum atomic E-state index is 10.4. The molecule has 4 nitrogen and oxygen atoms in total. The minimum absolute atomic E-state index is 0.113. The van der Waals surface area contributed by atoms with Gasteiger partial charge in [0, 0.05) is 25.2 Å². The zero-order valence-electron chi connectivity index (χ0n) is 8.93. The Balaban J connectivity index is 2.48. The molecule has 0 aromatic heterocycles. The number of benzene rings is 1. The summed E-state index contributed by atoms with van der Waals surface area (Å²) >= 11 is 0. The van der Waals surface area contributed by atoms with Crippen molar-refractivity contribution in [1.29, 1.82) is 0 Å². The maximum absolute atomic E-state index is 10.4. The van der Waals surface area contributed by atoms with Gasteiger partial charge in [0.25, 0.3) is 5.69 Å². The van der Waals surface area contributed by atoms with Gasteiger partial charge in [-0.3, -0.25) is 10.1 Å². The lowest BCUT2D eigenvalue weighted by Crippen LogP contribution is -2.12. The maximum Gasteiger partial charge on any atom is 0.269 e. The van der Waals surface area contributed by atoms with Crippen LogP contribution in [0.4, 0.5) is 5.69 Å². The first-order valence-corrected chi connectivity index (χ1v) is 4.96. The summed E-state index contributed by atoms with van der Waals surface area (Å²) in [6.07, 6.45) is 5.67. The van der Waals surface area contributed by atoms with Crippen LogP contribution in [0.15, 0.2) is 43.0 Å². The topological polar surface area (TPSA) is 55.2 Å². The average molecular weight is 218 g/mol. The molecular weight excluding hydrogens is 204 g/mol. The number of hydrogen-bond acceptors (Lipinski definition) is 3. The van der Waals surface area contributed by atoms with Crippen molar-refractivity contribution >= 4 is 11.8 Å². The largest absolute Gasteiger partial charge is 0.310 e. The molecule has 0 fully saturated rings. The van der Waals surface area contributed by atoms with Crippen LogP contribution in [0, 0.1) is 10.1 Å². The van der Waals surface area contributed by atoms with Gasteiger partial charge in [-0.05, 0) is 17.7 Å². The molecule has 0 radical (unpaired) electrons. The minimum Gasteiger partial charge on any atom is -0.310 e. The quantitative estimate of drug-likeness (QED) is 0.345. The molecule has 0 saturated carbocycles. The highest BCUT2D eigenvalue weighted by Crippen LogP contribution is 2.12. The Bertz CT molecular complexity index is 383. The lowest BCUT2D eigenvalue weighted by Gasteiger charge is -1.95. The van der Waals surface area contributed by atoms with Gasteiger partial charge in [0.1, 0.15) is 0 Å². The lowest BCUT2D eigenvalue weighted by molar-refractivity contribution is -0.384. The van der Waals surface area contributed by atoms with Gasteiger partial charge in [-0.2, -0.15) is 0 Å². The Morgan fingerprint density at radius 2 is 2.00 bits per heavy atom. The predicted octanol–water partition coefficient (Wildman–Crippen LogP) is 2.38.